The maximum atomic E-state index is 5.36. The number of nitrogens with one attached hydrogen (secondary N) is 1. The summed E-state index contributed by atoms with van der Waals surface area (Å²) in [5.41, 5.74) is 0. The fraction of sp³-hybridized carbons (Fsp3) is 0.846. The lowest BCUT2D eigenvalue weighted by molar-refractivity contribution is 0.0830. The number of hydrogen-bond donors (Lipinski definition) is 1. The molecule has 18 heavy (non-hydrogen) atoms. The smallest absolute Gasteiger partial charge is 0.226 e. The molecule has 0 spiro atoms. The van der Waals surface area contributed by atoms with Crippen molar-refractivity contribution in [1.82, 2.24) is 15.5 Å². The highest BCUT2D eigenvalue weighted by molar-refractivity contribution is 4.97. The van der Waals surface area contributed by atoms with Crippen LogP contribution in [-0.4, -0.2) is 36.4 Å². The van der Waals surface area contributed by atoms with E-state index >= 15 is 0 Å². The predicted molar refractivity (Wildman–Crippen MR) is 66.4 cm³/mol. The summed E-state index contributed by atoms with van der Waals surface area (Å²) in [7, 11) is 0. The van der Waals surface area contributed by atoms with Crippen molar-refractivity contribution >= 4 is 0 Å². The zero-order valence-corrected chi connectivity index (χ0v) is 10.7. The first-order valence-corrected chi connectivity index (χ1v) is 7.03. The van der Waals surface area contributed by atoms with E-state index in [1.165, 1.54) is 6.42 Å². The number of aromatic nitrogens is 2. The van der Waals surface area contributed by atoms with Crippen molar-refractivity contribution in [3.63, 3.8) is 0 Å². The fourth-order valence-corrected chi connectivity index (χ4v) is 2.78. The Kier molecular flexibility index (Phi) is 3.90. The Morgan fingerprint density at radius 3 is 2.89 bits per heavy atom. The number of ether oxygens (including phenoxy) is 1. The van der Waals surface area contributed by atoms with Crippen LogP contribution in [-0.2, 0) is 11.2 Å². The average Bonchev–Trinajstić information content (AvgIpc) is 3.09. The highest BCUT2D eigenvalue weighted by Gasteiger charge is 2.22. The minimum absolute atomic E-state index is 0.435. The Bertz CT molecular complexity index is 368. The second kappa shape index (κ2) is 5.80. The minimum Gasteiger partial charge on any atom is -0.381 e. The monoisotopic (exact) mass is 251 g/mol. The summed E-state index contributed by atoms with van der Waals surface area (Å²) in [6.07, 6.45) is 5.39. The van der Waals surface area contributed by atoms with Crippen LogP contribution in [0.4, 0.5) is 0 Å². The van der Waals surface area contributed by atoms with Crippen molar-refractivity contribution in [2.45, 2.75) is 38.0 Å². The Labute approximate surface area is 107 Å². The molecule has 0 radical (unpaired) electrons. The van der Waals surface area contributed by atoms with Gasteiger partial charge in [-0.15, -0.1) is 0 Å². The maximum Gasteiger partial charge on any atom is 0.226 e. The van der Waals surface area contributed by atoms with Gasteiger partial charge in [0.25, 0.3) is 0 Å². The van der Waals surface area contributed by atoms with Gasteiger partial charge >= 0.3 is 0 Å². The largest absolute Gasteiger partial charge is 0.381 e. The van der Waals surface area contributed by atoms with Gasteiger partial charge in [0.05, 0.1) is 0 Å². The molecular formula is C13H21N3O2. The van der Waals surface area contributed by atoms with Gasteiger partial charge in [-0.2, -0.15) is 4.98 Å². The zero-order valence-electron chi connectivity index (χ0n) is 10.7. The Morgan fingerprint density at radius 1 is 1.22 bits per heavy atom. The van der Waals surface area contributed by atoms with E-state index in [2.05, 4.69) is 15.5 Å². The summed E-state index contributed by atoms with van der Waals surface area (Å²) in [6, 6.07) is 0. The lowest BCUT2D eigenvalue weighted by atomic mass is 10.00. The molecule has 0 amide bonds. The van der Waals surface area contributed by atoms with Crippen molar-refractivity contribution in [3.05, 3.63) is 11.7 Å². The SMILES string of the molecule is C1CC(CCc2nc(C3CCOCC3)no2)CN1. The summed E-state index contributed by atoms with van der Waals surface area (Å²) in [4.78, 5) is 4.54. The molecule has 1 N–H and O–H groups in total. The minimum atomic E-state index is 0.435. The highest BCUT2D eigenvalue weighted by Crippen LogP contribution is 2.24. The molecule has 2 aliphatic rings. The zero-order chi connectivity index (χ0) is 12.2. The highest BCUT2D eigenvalue weighted by atomic mass is 16.5. The molecule has 2 aliphatic heterocycles. The van der Waals surface area contributed by atoms with Crippen LogP contribution in [0.15, 0.2) is 4.52 Å². The molecule has 3 heterocycles. The fourth-order valence-electron chi connectivity index (χ4n) is 2.78. The van der Waals surface area contributed by atoms with Gasteiger partial charge in [0.1, 0.15) is 0 Å². The van der Waals surface area contributed by atoms with Crippen molar-refractivity contribution in [2.24, 2.45) is 5.92 Å². The lowest BCUT2D eigenvalue weighted by Crippen LogP contribution is -2.15. The van der Waals surface area contributed by atoms with Crippen molar-refractivity contribution in [2.75, 3.05) is 26.3 Å². The topological polar surface area (TPSA) is 60.2 Å². The molecule has 100 valence electrons. The quantitative estimate of drug-likeness (QED) is 0.879. The summed E-state index contributed by atoms with van der Waals surface area (Å²) in [6.45, 7) is 3.94. The summed E-state index contributed by atoms with van der Waals surface area (Å²) in [5, 5.41) is 7.51. The van der Waals surface area contributed by atoms with E-state index < -0.39 is 0 Å². The van der Waals surface area contributed by atoms with Crippen LogP contribution in [0.5, 0.6) is 0 Å². The van der Waals surface area contributed by atoms with E-state index in [0.717, 1.165) is 69.6 Å². The normalized spacial score (nSPS) is 25.7. The molecule has 0 aliphatic carbocycles. The van der Waals surface area contributed by atoms with Gasteiger partial charge < -0.3 is 14.6 Å². The lowest BCUT2D eigenvalue weighted by Gasteiger charge is -2.18. The van der Waals surface area contributed by atoms with Crippen LogP contribution >= 0.6 is 0 Å². The summed E-state index contributed by atoms with van der Waals surface area (Å²) < 4.78 is 10.7. The van der Waals surface area contributed by atoms with Gasteiger partial charge in [-0.1, -0.05) is 5.16 Å². The standard InChI is InChI=1S/C13H21N3O2/c1(10-3-6-14-9-10)2-12-15-13(16-18-12)11-4-7-17-8-5-11/h10-11,14H,1-9H2. The third-order valence-electron chi connectivity index (χ3n) is 4.00. The second-order valence-corrected chi connectivity index (χ2v) is 5.33. The first-order valence-electron chi connectivity index (χ1n) is 7.03. The molecule has 5 nitrogen and oxygen atoms in total. The average molecular weight is 251 g/mol. The van der Waals surface area contributed by atoms with E-state index in [0.29, 0.717) is 5.92 Å². The van der Waals surface area contributed by atoms with E-state index in [1.807, 2.05) is 0 Å². The molecule has 2 saturated heterocycles. The molecule has 2 fully saturated rings. The summed E-state index contributed by atoms with van der Waals surface area (Å²) >= 11 is 0. The molecule has 1 aromatic heterocycles. The van der Waals surface area contributed by atoms with Crippen LogP contribution in [0.3, 0.4) is 0 Å². The van der Waals surface area contributed by atoms with E-state index in [1.54, 1.807) is 0 Å². The Morgan fingerprint density at radius 2 is 2.11 bits per heavy atom. The molecule has 0 aromatic carbocycles. The Balaban J connectivity index is 1.52. The van der Waals surface area contributed by atoms with Gasteiger partial charge in [0.15, 0.2) is 5.82 Å². The van der Waals surface area contributed by atoms with Crippen LogP contribution in [0.25, 0.3) is 0 Å². The van der Waals surface area contributed by atoms with Gasteiger partial charge in [-0.25, -0.2) is 0 Å². The number of rotatable bonds is 4. The number of hydrogen-bond acceptors (Lipinski definition) is 5. The first kappa shape index (κ1) is 12.1. The number of nitrogens with zero attached hydrogens (tertiary/aromatic N) is 2. The first-order chi connectivity index (χ1) is 8.92. The predicted octanol–water partition coefficient (Wildman–Crippen LogP) is 1.51. The van der Waals surface area contributed by atoms with Crippen LogP contribution in [0.2, 0.25) is 0 Å². The van der Waals surface area contributed by atoms with E-state index in [9.17, 15) is 0 Å². The number of aryl methyl sites for hydroxylation is 1. The van der Waals surface area contributed by atoms with Crippen LogP contribution in [0.1, 0.15) is 43.3 Å². The molecule has 1 unspecified atom stereocenters. The molecule has 3 rings (SSSR count). The third kappa shape index (κ3) is 2.90. The molecule has 1 aromatic rings. The van der Waals surface area contributed by atoms with Gasteiger partial charge in [0, 0.05) is 25.6 Å². The van der Waals surface area contributed by atoms with Gasteiger partial charge in [0.2, 0.25) is 5.89 Å². The van der Waals surface area contributed by atoms with Crippen molar-refractivity contribution in [3.8, 4) is 0 Å². The molecule has 0 bridgehead atoms. The molecule has 1 atom stereocenters. The molecular weight excluding hydrogens is 230 g/mol. The van der Waals surface area contributed by atoms with Crippen molar-refractivity contribution < 1.29 is 9.26 Å². The van der Waals surface area contributed by atoms with Crippen molar-refractivity contribution in [1.29, 1.82) is 0 Å². The van der Waals surface area contributed by atoms with Gasteiger partial charge in [-0.05, 0) is 44.7 Å². The summed E-state index contributed by atoms with van der Waals surface area (Å²) in [5.74, 6) is 2.91. The molecule has 0 saturated carbocycles. The molecule has 5 heteroatoms. The van der Waals surface area contributed by atoms with E-state index in [-0.39, 0.29) is 0 Å². The van der Waals surface area contributed by atoms with E-state index in [4.69, 9.17) is 9.26 Å². The Hall–Kier alpha value is -0.940. The van der Waals surface area contributed by atoms with Crippen LogP contribution in [0, 0.1) is 5.92 Å². The van der Waals surface area contributed by atoms with Crippen LogP contribution < -0.4 is 5.32 Å². The maximum absolute atomic E-state index is 5.36. The third-order valence-corrected chi connectivity index (χ3v) is 4.00. The second-order valence-electron chi connectivity index (χ2n) is 5.33. The van der Waals surface area contributed by atoms with Gasteiger partial charge in [-0.3, -0.25) is 0 Å².